The Labute approximate surface area is 141 Å². The number of anilines is 1. The summed E-state index contributed by atoms with van der Waals surface area (Å²) in [5.41, 5.74) is 5.66. The van der Waals surface area contributed by atoms with Crippen LogP contribution in [0.3, 0.4) is 0 Å². The van der Waals surface area contributed by atoms with E-state index in [0.29, 0.717) is 0 Å². The maximum Gasteiger partial charge on any atom is 0.103 e. The highest BCUT2D eigenvalue weighted by atomic mass is 79.9. The maximum atomic E-state index is 3.56. The third kappa shape index (κ3) is 3.53. The lowest BCUT2D eigenvalue weighted by atomic mass is 10.1. The number of nitrogens with zero attached hydrogens (tertiary/aromatic N) is 1. The van der Waals surface area contributed by atoms with E-state index in [2.05, 4.69) is 77.1 Å². The van der Waals surface area contributed by atoms with Gasteiger partial charge < -0.3 is 9.80 Å². The maximum absolute atomic E-state index is 3.56. The molecule has 0 amide bonds. The minimum absolute atomic E-state index is 1.13. The second kappa shape index (κ2) is 6.84. The standard InChI is InChI=1S/C19H23BrN2/c1-15-5-3-8-19(16(15)2)22-11-9-21(10-12-22)14-17-6-4-7-18(20)13-17/h3-8,13H,9-12,14H2,1-2H3/p+1. The summed E-state index contributed by atoms with van der Waals surface area (Å²) in [6.07, 6.45) is 0. The Bertz CT molecular complexity index is 646. The van der Waals surface area contributed by atoms with Crippen molar-refractivity contribution >= 4 is 21.6 Å². The van der Waals surface area contributed by atoms with Gasteiger partial charge in [-0.05, 0) is 43.2 Å². The molecule has 0 aromatic heterocycles. The Kier molecular flexibility index (Phi) is 4.84. The van der Waals surface area contributed by atoms with Crippen LogP contribution in [0.1, 0.15) is 16.7 Å². The highest BCUT2D eigenvalue weighted by molar-refractivity contribution is 9.10. The van der Waals surface area contributed by atoms with Gasteiger partial charge in [0.05, 0.1) is 26.2 Å². The van der Waals surface area contributed by atoms with Gasteiger partial charge in [-0.3, -0.25) is 0 Å². The van der Waals surface area contributed by atoms with Gasteiger partial charge in [-0.1, -0.05) is 40.2 Å². The van der Waals surface area contributed by atoms with Crippen molar-refractivity contribution in [2.75, 3.05) is 31.1 Å². The predicted molar refractivity (Wildman–Crippen MR) is 96.7 cm³/mol. The summed E-state index contributed by atoms with van der Waals surface area (Å²) in [5, 5.41) is 0. The zero-order chi connectivity index (χ0) is 15.5. The third-order valence-corrected chi connectivity index (χ3v) is 5.22. The third-order valence-electron chi connectivity index (χ3n) is 4.73. The molecule has 2 aromatic rings. The Morgan fingerprint density at radius 3 is 2.50 bits per heavy atom. The number of hydrogen-bond acceptors (Lipinski definition) is 1. The molecule has 0 spiro atoms. The topological polar surface area (TPSA) is 7.68 Å². The number of hydrogen-bond donors (Lipinski definition) is 1. The fraction of sp³-hybridized carbons (Fsp3) is 0.368. The number of benzene rings is 2. The summed E-state index contributed by atoms with van der Waals surface area (Å²) in [4.78, 5) is 4.23. The normalized spacial score (nSPS) is 16.0. The Morgan fingerprint density at radius 2 is 1.77 bits per heavy atom. The first-order chi connectivity index (χ1) is 10.6. The summed E-state index contributed by atoms with van der Waals surface area (Å²) >= 11 is 3.56. The van der Waals surface area contributed by atoms with E-state index in [0.717, 1.165) is 19.6 Å². The SMILES string of the molecule is Cc1cccc(N2CC[NH+](Cc3cccc(Br)c3)CC2)c1C. The van der Waals surface area contributed by atoms with Crippen LogP contribution in [0.2, 0.25) is 0 Å². The lowest BCUT2D eigenvalue weighted by Crippen LogP contribution is -3.13. The van der Waals surface area contributed by atoms with Gasteiger partial charge in [-0.25, -0.2) is 0 Å². The largest absolute Gasteiger partial charge is 0.360 e. The van der Waals surface area contributed by atoms with Crippen molar-refractivity contribution in [2.45, 2.75) is 20.4 Å². The second-order valence-corrected chi connectivity index (χ2v) is 7.18. The molecule has 22 heavy (non-hydrogen) atoms. The van der Waals surface area contributed by atoms with Crippen molar-refractivity contribution in [1.29, 1.82) is 0 Å². The van der Waals surface area contributed by atoms with Gasteiger partial charge in [0, 0.05) is 15.7 Å². The molecular weight excluding hydrogens is 336 g/mol. The number of nitrogens with one attached hydrogen (secondary N) is 1. The first-order valence-electron chi connectivity index (χ1n) is 8.02. The molecule has 2 aromatic carbocycles. The van der Waals surface area contributed by atoms with Crippen LogP contribution in [0.25, 0.3) is 0 Å². The summed E-state index contributed by atoms with van der Waals surface area (Å²) < 4.78 is 1.18. The van der Waals surface area contributed by atoms with Crippen LogP contribution in [-0.2, 0) is 6.54 Å². The van der Waals surface area contributed by atoms with Gasteiger partial charge >= 0.3 is 0 Å². The lowest BCUT2D eigenvalue weighted by Gasteiger charge is -2.34. The summed E-state index contributed by atoms with van der Waals surface area (Å²) in [7, 11) is 0. The zero-order valence-corrected chi connectivity index (χ0v) is 15.0. The van der Waals surface area contributed by atoms with Gasteiger partial charge in [0.25, 0.3) is 0 Å². The van der Waals surface area contributed by atoms with Crippen LogP contribution in [0, 0.1) is 13.8 Å². The smallest absolute Gasteiger partial charge is 0.103 e. The molecule has 1 saturated heterocycles. The van der Waals surface area contributed by atoms with Crippen LogP contribution >= 0.6 is 15.9 Å². The van der Waals surface area contributed by atoms with Gasteiger partial charge in [-0.2, -0.15) is 0 Å². The fourth-order valence-corrected chi connectivity index (χ4v) is 3.70. The number of halogens is 1. The molecule has 0 saturated carbocycles. The summed E-state index contributed by atoms with van der Waals surface area (Å²) in [6, 6.07) is 15.3. The Hall–Kier alpha value is -1.32. The van der Waals surface area contributed by atoms with Gasteiger partial charge in [-0.15, -0.1) is 0 Å². The molecule has 0 bridgehead atoms. The molecule has 0 radical (unpaired) electrons. The molecule has 1 aliphatic rings. The molecule has 1 N–H and O–H groups in total. The molecule has 1 aliphatic heterocycles. The Morgan fingerprint density at radius 1 is 1.05 bits per heavy atom. The molecule has 0 atom stereocenters. The Balaban J connectivity index is 1.62. The first-order valence-corrected chi connectivity index (χ1v) is 8.82. The van der Waals surface area contributed by atoms with Crippen molar-refractivity contribution in [3.63, 3.8) is 0 Å². The van der Waals surface area contributed by atoms with Crippen LogP contribution in [0.15, 0.2) is 46.9 Å². The van der Waals surface area contributed by atoms with Crippen LogP contribution < -0.4 is 9.80 Å². The van der Waals surface area contributed by atoms with Crippen molar-refractivity contribution < 1.29 is 4.90 Å². The summed E-state index contributed by atoms with van der Waals surface area (Å²) in [5.74, 6) is 0. The minimum Gasteiger partial charge on any atom is -0.360 e. The summed E-state index contributed by atoms with van der Waals surface area (Å²) in [6.45, 7) is 10.3. The number of piperazine rings is 1. The monoisotopic (exact) mass is 359 g/mol. The number of rotatable bonds is 3. The van der Waals surface area contributed by atoms with Crippen LogP contribution in [0.5, 0.6) is 0 Å². The van der Waals surface area contributed by atoms with Gasteiger partial charge in [0.2, 0.25) is 0 Å². The van der Waals surface area contributed by atoms with Crippen LogP contribution in [0.4, 0.5) is 5.69 Å². The van der Waals surface area contributed by atoms with Gasteiger partial charge in [0.15, 0.2) is 0 Å². The molecule has 3 rings (SSSR count). The minimum atomic E-state index is 1.13. The van der Waals surface area contributed by atoms with E-state index in [4.69, 9.17) is 0 Å². The molecule has 0 unspecified atom stereocenters. The quantitative estimate of drug-likeness (QED) is 0.884. The van der Waals surface area contributed by atoms with E-state index in [1.165, 1.54) is 39.9 Å². The van der Waals surface area contributed by atoms with E-state index in [-0.39, 0.29) is 0 Å². The average Bonchev–Trinajstić information content (AvgIpc) is 2.51. The molecule has 1 heterocycles. The van der Waals surface area contributed by atoms with Crippen molar-refractivity contribution in [3.8, 4) is 0 Å². The molecular formula is C19H24BrN2+. The van der Waals surface area contributed by atoms with E-state index in [1.54, 1.807) is 4.90 Å². The van der Waals surface area contributed by atoms with E-state index in [9.17, 15) is 0 Å². The lowest BCUT2D eigenvalue weighted by molar-refractivity contribution is -0.914. The molecule has 3 heteroatoms. The zero-order valence-electron chi connectivity index (χ0n) is 13.4. The average molecular weight is 360 g/mol. The molecule has 2 nitrogen and oxygen atoms in total. The molecule has 1 fully saturated rings. The second-order valence-electron chi connectivity index (χ2n) is 6.26. The number of quaternary nitrogens is 1. The highest BCUT2D eigenvalue weighted by Gasteiger charge is 2.21. The molecule has 0 aliphatic carbocycles. The van der Waals surface area contributed by atoms with E-state index in [1.807, 2.05) is 0 Å². The van der Waals surface area contributed by atoms with E-state index < -0.39 is 0 Å². The fourth-order valence-electron chi connectivity index (χ4n) is 3.25. The predicted octanol–water partition coefficient (Wildman–Crippen LogP) is 2.97. The number of aryl methyl sites for hydroxylation is 1. The van der Waals surface area contributed by atoms with E-state index >= 15 is 0 Å². The van der Waals surface area contributed by atoms with Crippen molar-refractivity contribution in [1.82, 2.24) is 0 Å². The molecule has 116 valence electrons. The van der Waals surface area contributed by atoms with Crippen molar-refractivity contribution in [2.24, 2.45) is 0 Å². The van der Waals surface area contributed by atoms with Gasteiger partial charge in [0.1, 0.15) is 6.54 Å². The first kappa shape index (κ1) is 15.6. The van der Waals surface area contributed by atoms with Crippen LogP contribution in [-0.4, -0.2) is 26.2 Å². The highest BCUT2D eigenvalue weighted by Crippen LogP contribution is 2.22. The van der Waals surface area contributed by atoms with Crippen molar-refractivity contribution in [3.05, 3.63) is 63.6 Å².